The normalized spacial score (nSPS) is 12.1. The standard InChI is InChI=1S/C26H20F3N3O4/c1-15(33)35-23(25(34)32-20-7-10-22-18(14-20)11-12-31-24(22)30)19-4-2-3-17(13-19)16-5-8-21(9-6-16)36-26(27,28)29/h2-14,23H,1H3,(H2,30,31)(H,32,34). The van der Waals surface area contributed by atoms with Gasteiger partial charge in [-0.3, -0.25) is 9.59 Å². The molecule has 184 valence electrons. The van der Waals surface area contributed by atoms with E-state index in [2.05, 4.69) is 15.0 Å². The molecule has 0 aliphatic rings. The molecule has 0 bridgehead atoms. The molecule has 36 heavy (non-hydrogen) atoms. The Kier molecular flexibility index (Phi) is 6.77. The lowest BCUT2D eigenvalue weighted by molar-refractivity contribution is -0.274. The minimum atomic E-state index is -4.79. The summed E-state index contributed by atoms with van der Waals surface area (Å²) in [7, 11) is 0. The van der Waals surface area contributed by atoms with Gasteiger partial charge in [0.25, 0.3) is 5.91 Å². The number of nitrogens with zero attached hydrogens (tertiary/aromatic N) is 1. The molecule has 0 aliphatic heterocycles. The number of hydrogen-bond donors (Lipinski definition) is 2. The highest BCUT2D eigenvalue weighted by Crippen LogP contribution is 2.30. The number of alkyl halides is 3. The number of carbonyl (C=O) groups excluding carboxylic acids is 2. The molecule has 0 fully saturated rings. The highest BCUT2D eigenvalue weighted by Gasteiger charge is 2.31. The Morgan fingerprint density at radius 1 is 0.972 bits per heavy atom. The van der Waals surface area contributed by atoms with Crippen molar-refractivity contribution in [3.63, 3.8) is 0 Å². The number of halogens is 3. The van der Waals surface area contributed by atoms with E-state index in [9.17, 15) is 22.8 Å². The van der Waals surface area contributed by atoms with Crippen LogP contribution in [0.4, 0.5) is 24.7 Å². The quantitative estimate of drug-likeness (QED) is 0.336. The zero-order valence-electron chi connectivity index (χ0n) is 18.9. The van der Waals surface area contributed by atoms with Gasteiger partial charge in [0.1, 0.15) is 11.6 Å². The fraction of sp³-hybridized carbons (Fsp3) is 0.115. The lowest BCUT2D eigenvalue weighted by atomic mass is 10.00. The van der Waals surface area contributed by atoms with Gasteiger partial charge in [0.2, 0.25) is 6.10 Å². The van der Waals surface area contributed by atoms with E-state index in [1.54, 1.807) is 54.7 Å². The van der Waals surface area contributed by atoms with Crippen LogP contribution in [0.15, 0.2) is 79.0 Å². The summed E-state index contributed by atoms with van der Waals surface area (Å²) in [6.07, 6.45) is -4.51. The maximum absolute atomic E-state index is 13.1. The number of hydrogen-bond acceptors (Lipinski definition) is 6. The second-order valence-electron chi connectivity index (χ2n) is 7.81. The van der Waals surface area contributed by atoms with Gasteiger partial charge >= 0.3 is 12.3 Å². The Bertz CT molecular complexity index is 1420. The van der Waals surface area contributed by atoms with E-state index in [0.29, 0.717) is 28.2 Å². The van der Waals surface area contributed by atoms with E-state index in [1.165, 1.54) is 31.2 Å². The van der Waals surface area contributed by atoms with Crippen LogP contribution < -0.4 is 15.8 Å². The van der Waals surface area contributed by atoms with E-state index < -0.39 is 24.3 Å². The van der Waals surface area contributed by atoms with Crippen molar-refractivity contribution in [3.8, 4) is 16.9 Å². The average Bonchev–Trinajstić information content (AvgIpc) is 2.82. The molecule has 0 radical (unpaired) electrons. The molecular weight excluding hydrogens is 475 g/mol. The number of aromatic nitrogens is 1. The van der Waals surface area contributed by atoms with Gasteiger partial charge < -0.3 is 20.5 Å². The molecule has 7 nitrogen and oxygen atoms in total. The number of fused-ring (bicyclic) bond motifs is 1. The van der Waals surface area contributed by atoms with E-state index in [1.807, 2.05) is 0 Å². The molecule has 1 unspecified atom stereocenters. The fourth-order valence-corrected chi connectivity index (χ4v) is 3.66. The maximum Gasteiger partial charge on any atom is 0.573 e. The van der Waals surface area contributed by atoms with Crippen molar-refractivity contribution in [3.05, 3.63) is 84.6 Å². The van der Waals surface area contributed by atoms with Crippen molar-refractivity contribution >= 4 is 34.2 Å². The van der Waals surface area contributed by atoms with Crippen LogP contribution in [-0.2, 0) is 14.3 Å². The first-order valence-electron chi connectivity index (χ1n) is 10.7. The van der Waals surface area contributed by atoms with Crippen LogP contribution in [0.25, 0.3) is 21.9 Å². The minimum absolute atomic E-state index is 0.354. The number of rotatable bonds is 6. The fourth-order valence-electron chi connectivity index (χ4n) is 3.66. The van der Waals surface area contributed by atoms with Crippen LogP contribution in [0.3, 0.4) is 0 Å². The van der Waals surface area contributed by atoms with Crippen LogP contribution in [0.5, 0.6) is 5.75 Å². The van der Waals surface area contributed by atoms with Crippen LogP contribution in [0.1, 0.15) is 18.6 Å². The van der Waals surface area contributed by atoms with Gasteiger partial charge in [-0.15, -0.1) is 13.2 Å². The van der Waals surface area contributed by atoms with Gasteiger partial charge in [0, 0.05) is 29.8 Å². The summed E-state index contributed by atoms with van der Waals surface area (Å²) in [5.41, 5.74) is 7.89. The summed E-state index contributed by atoms with van der Waals surface area (Å²) in [6, 6.07) is 18.7. The third-order valence-electron chi connectivity index (χ3n) is 5.20. The maximum atomic E-state index is 13.1. The molecule has 0 saturated carbocycles. The van der Waals surface area contributed by atoms with Crippen molar-refractivity contribution in [1.29, 1.82) is 0 Å². The molecule has 0 spiro atoms. The molecule has 1 atom stereocenters. The first kappa shape index (κ1) is 24.5. The van der Waals surface area contributed by atoms with Crippen molar-refractivity contribution in [2.75, 3.05) is 11.1 Å². The first-order chi connectivity index (χ1) is 17.1. The zero-order valence-corrected chi connectivity index (χ0v) is 18.9. The molecule has 3 aromatic carbocycles. The molecule has 1 amide bonds. The third-order valence-corrected chi connectivity index (χ3v) is 5.20. The van der Waals surface area contributed by atoms with Crippen LogP contribution in [0, 0.1) is 0 Å². The molecule has 4 aromatic rings. The molecule has 10 heteroatoms. The number of amides is 1. The Morgan fingerprint density at radius 3 is 2.42 bits per heavy atom. The van der Waals surface area contributed by atoms with E-state index in [-0.39, 0.29) is 5.75 Å². The predicted molar refractivity (Wildman–Crippen MR) is 128 cm³/mol. The van der Waals surface area contributed by atoms with E-state index in [4.69, 9.17) is 10.5 Å². The Morgan fingerprint density at radius 2 is 1.72 bits per heavy atom. The first-order valence-corrected chi connectivity index (χ1v) is 10.7. The number of benzene rings is 3. The summed E-state index contributed by atoms with van der Waals surface area (Å²) in [6.45, 7) is 1.19. The van der Waals surface area contributed by atoms with Crippen LogP contribution >= 0.6 is 0 Å². The van der Waals surface area contributed by atoms with Crippen molar-refractivity contribution < 1.29 is 32.2 Å². The molecule has 1 aromatic heterocycles. The van der Waals surface area contributed by atoms with Gasteiger partial charge in [0.05, 0.1) is 0 Å². The summed E-state index contributed by atoms with van der Waals surface area (Å²) in [4.78, 5) is 28.9. The van der Waals surface area contributed by atoms with Gasteiger partial charge in [-0.2, -0.15) is 0 Å². The second kappa shape index (κ2) is 9.95. The SMILES string of the molecule is CC(=O)OC(C(=O)Nc1ccc2c(N)nccc2c1)c1cccc(-c2ccc(OC(F)(F)F)cc2)c1. The Labute approximate surface area is 203 Å². The predicted octanol–water partition coefficient (Wildman–Crippen LogP) is 5.63. The van der Waals surface area contributed by atoms with Crippen molar-refractivity contribution in [2.24, 2.45) is 0 Å². The molecule has 1 heterocycles. The number of carbonyl (C=O) groups is 2. The lowest BCUT2D eigenvalue weighted by Crippen LogP contribution is -2.25. The van der Waals surface area contributed by atoms with E-state index in [0.717, 1.165) is 10.8 Å². The number of pyridine rings is 1. The van der Waals surface area contributed by atoms with Gasteiger partial charge in [-0.25, -0.2) is 4.98 Å². The Balaban J connectivity index is 1.59. The molecule has 0 aliphatic carbocycles. The van der Waals surface area contributed by atoms with Crippen molar-refractivity contribution in [2.45, 2.75) is 19.4 Å². The molecule has 0 saturated heterocycles. The summed E-state index contributed by atoms with van der Waals surface area (Å²) < 4.78 is 46.5. The number of esters is 1. The molecule has 3 N–H and O–H groups in total. The molecule has 4 rings (SSSR count). The monoisotopic (exact) mass is 495 g/mol. The lowest BCUT2D eigenvalue weighted by Gasteiger charge is -2.18. The van der Waals surface area contributed by atoms with Gasteiger partial charge in [-0.05, 0) is 59.0 Å². The largest absolute Gasteiger partial charge is 0.573 e. The highest BCUT2D eigenvalue weighted by molar-refractivity contribution is 5.99. The van der Waals surface area contributed by atoms with Crippen LogP contribution in [-0.4, -0.2) is 23.2 Å². The van der Waals surface area contributed by atoms with E-state index >= 15 is 0 Å². The van der Waals surface area contributed by atoms with Crippen molar-refractivity contribution in [1.82, 2.24) is 4.98 Å². The van der Waals surface area contributed by atoms with Gasteiger partial charge in [0.15, 0.2) is 0 Å². The second-order valence-corrected chi connectivity index (χ2v) is 7.81. The highest BCUT2D eigenvalue weighted by atomic mass is 19.4. The van der Waals surface area contributed by atoms with Gasteiger partial charge in [-0.1, -0.05) is 30.3 Å². The third kappa shape index (κ3) is 5.90. The summed E-state index contributed by atoms with van der Waals surface area (Å²) in [5, 5.41) is 4.24. The summed E-state index contributed by atoms with van der Waals surface area (Å²) >= 11 is 0. The summed E-state index contributed by atoms with van der Waals surface area (Å²) in [5.74, 6) is -1.24. The average molecular weight is 495 g/mol. The number of nitrogens with one attached hydrogen (secondary N) is 1. The Hall–Kier alpha value is -4.60. The number of ether oxygens (including phenoxy) is 2. The number of nitrogens with two attached hydrogens (primary N) is 1. The smallest absolute Gasteiger partial charge is 0.447 e. The minimum Gasteiger partial charge on any atom is -0.447 e. The number of nitrogen functional groups attached to an aromatic ring is 1. The number of anilines is 2. The zero-order chi connectivity index (χ0) is 25.9. The molecular formula is C26H20F3N3O4. The van der Waals surface area contributed by atoms with Crippen LogP contribution in [0.2, 0.25) is 0 Å². The topological polar surface area (TPSA) is 104 Å².